The highest BCUT2D eigenvalue weighted by Gasteiger charge is 2.33. The zero-order valence-electron chi connectivity index (χ0n) is 10.7. The van der Waals surface area contributed by atoms with Crippen LogP contribution in [0.25, 0.3) is 0 Å². The lowest BCUT2D eigenvalue weighted by Crippen LogP contribution is -2.20. The zero-order chi connectivity index (χ0) is 13.1. The molecule has 0 aliphatic carbocycles. The van der Waals surface area contributed by atoms with Crippen molar-refractivity contribution in [3.63, 3.8) is 0 Å². The van der Waals surface area contributed by atoms with Gasteiger partial charge in [0.05, 0.1) is 0 Å². The zero-order valence-corrected chi connectivity index (χ0v) is 11.6. The van der Waals surface area contributed by atoms with Crippen LogP contribution < -0.4 is 0 Å². The molecule has 1 aliphatic heterocycles. The minimum absolute atomic E-state index is 0.141. The lowest BCUT2D eigenvalue weighted by molar-refractivity contribution is -0.111. The van der Waals surface area contributed by atoms with E-state index in [1.165, 1.54) is 10.4 Å². The van der Waals surface area contributed by atoms with Crippen LogP contribution in [0, 0.1) is 5.92 Å². The molecular weight excluding hydrogens is 254 g/mol. The quantitative estimate of drug-likeness (QED) is 0.796. The van der Waals surface area contributed by atoms with Gasteiger partial charge in [0.1, 0.15) is 6.29 Å². The molecule has 0 bridgehead atoms. The van der Waals surface area contributed by atoms with Crippen molar-refractivity contribution < 1.29 is 4.79 Å². The van der Waals surface area contributed by atoms with Gasteiger partial charge in [0.2, 0.25) is 0 Å². The second kappa shape index (κ2) is 5.68. The Hall–Kier alpha value is -1.45. The Morgan fingerprint density at radius 2 is 2.00 bits per heavy atom. The summed E-state index contributed by atoms with van der Waals surface area (Å²) in [6, 6.07) is 14.7. The number of carbonyl (C=O) groups is 1. The summed E-state index contributed by atoms with van der Waals surface area (Å²) in [7, 11) is 0. The molecule has 2 heterocycles. The van der Waals surface area contributed by atoms with Crippen LogP contribution >= 0.6 is 11.3 Å². The van der Waals surface area contributed by atoms with E-state index in [0.717, 1.165) is 25.9 Å². The molecule has 0 N–H and O–H groups in total. The molecule has 1 aromatic heterocycles. The fourth-order valence-corrected chi connectivity index (χ4v) is 3.72. The molecule has 1 aliphatic rings. The third-order valence-electron chi connectivity index (χ3n) is 3.77. The van der Waals surface area contributed by atoms with Crippen molar-refractivity contribution in [1.82, 2.24) is 4.90 Å². The average Bonchev–Trinajstić information content (AvgIpc) is 3.08. The molecule has 0 spiro atoms. The third kappa shape index (κ3) is 2.77. The van der Waals surface area contributed by atoms with Gasteiger partial charge < -0.3 is 4.79 Å². The Morgan fingerprint density at radius 1 is 1.16 bits per heavy atom. The van der Waals surface area contributed by atoms with Gasteiger partial charge in [-0.1, -0.05) is 36.4 Å². The van der Waals surface area contributed by atoms with Gasteiger partial charge in [0, 0.05) is 36.3 Å². The number of likely N-dealkylation sites (tertiary alicyclic amines) is 1. The van der Waals surface area contributed by atoms with E-state index in [4.69, 9.17) is 0 Å². The lowest BCUT2D eigenvalue weighted by atomic mass is 9.96. The largest absolute Gasteiger partial charge is 0.303 e. The van der Waals surface area contributed by atoms with Gasteiger partial charge >= 0.3 is 0 Å². The molecule has 19 heavy (non-hydrogen) atoms. The third-order valence-corrected chi connectivity index (χ3v) is 4.78. The molecule has 1 saturated heterocycles. The van der Waals surface area contributed by atoms with Gasteiger partial charge in [0.25, 0.3) is 0 Å². The maximum Gasteiger partial charge on any atom is 0.125 e. The standard InChI is InChI=1S/C16H17NOS/c18-12-14-10-17(9-13-5-2-1-3-6-13)11-15(14)16-7-4-8-19-16/h1-8,12,14-15H,9-11H2. The first-order valence-electron chi connectivity index (χ1n) is 6.62. The molecule has 3 heteroatoms. The Labute approximate surface area is 117 Å². The van der Waals surface area contributed by atoms with Crippen LogP contribution in [0.1, 0.15) is 16.4 Å². The van der Waals surface area contributed by atoms with E-state index < -0.39 is 0 Å². The Morgan fingerprint density at radius 3 is 2.68 bits per heavy atom. The average molecular weight is 271 g/mol. The fraction of sp³-hybridized carbons (Fsp3) is 0.312. The normalized spacial score (nSPS) is 23.6. The first-order chi connectivity index (χ1) is 9.36. The van der Waals surface area contributed by atoms with Crippen molar-refractivity contribution in [2.45, 2.75) is 12.5 Å². The summed E-state index contributed by atoms with van der Waals surface area (Å²) in [6.07, 6.45) is 1.13. The second-order valence-corrected chi connectivity index (χ2v) is 6.08. The van der Waals surface area contributed by atoms with E-state index in [-0.39, 0.29) is 5.92 Å². The van der Waals surface area contributed by atoms with Crippen LogP contribution in [0.4, 0.5) is 0 Å². The van der Waals surface area contributed by atoms with Crippen molar-refractivity contribution in [3.05, 3.63) is 58.3 Å². The summed E-state index contributed by atoms with van der Waals surface area (Å²) >= 11 is 1.76. The molecular formula is C16H17NOS. The molecule has 2 nitrogen and oxygen atoms in total. The number of rotatable bonds is 4. The fourth-order valence-electron chi connectivity index (χ4n) is 2.83. The van der Waals surface area contributed by atoms with E-state index in [1.54, 1.807) is 11.3 Å². The lowest BCUT2D eigenvalue weighted by Gasteiger charge is -2.15. The van der Waals surface area contributed by atoms with Crippen molar-refractivity contribution in [3.8, 4) is 0 Å². The number of hydrogen-bond acceptors (Lipinski definition) is 3. The van der Waals surface area contributed by atoms with E-state index >= 15 is 0 Å². The first kappa shape index (κ1) is 12.6. The Bertz CT molecular complexity index is 523. The summed E-state index contributed by atoms with van der Waals surface area (Å²) in [5, 5.41) is 2.09. The summed E-state index contributed by atoms with van der Waals surface area (Å²) in [5.74, 6) is 0.517. The van der Waals surface area contributed by atoms with Crippen LogP contribution in [-0.2, 0) is 11.3 Å². The molecule has 2 atom stereocenters. The van der Waals surface area contributed by atoms with Gasteiger partial charge in [-0.25, -0.2) is 0 Å². The smallest absolute Gasteiger partial charge is 0.125 e. The van der Waals surface area contributed by atoms with E-state index in [0.29, 0.717) is 5.92 Å². The van der Waals surface area contributed by atoms with Crippen molar-refractivity contribution in [2.75, 3.05) is 13.1 Å². The monoisotopic (exact) mass is 271 g/mol. The van der Waals surface area contributed by atoms with Crippen LogP contribution in [0.3, 0.4) is 0 Å². The molecule has 3 rings (SSSR count). The molecule has 98 valence electrons. The maximum atomic E-state index is 11.3. The van der Waals surface area contributed by atoms with Crippen LogP contribution in [-0.4, -0.2) is 24.3 Å². The second-order valence-electron chi connectivity index (χ2n) is 5.10. The molecule has 1 fully saturated rings. The maximum absolute atomic E-state index is 11.3. The van der Waals surface area contributed by atoms with Crippen molar-refractivity contribution in [2.24, 2.45) is 5.92 Å². The summed E-state index contributed by atoms with van der Waals surface area (Å²) < 4.78 is 0. The van der Waals surface area contributed by atoms with Gasteiger partial charge in [-0.05, 0) is 17.0 Å². The van der Waals surface area contributed by atoms with Crippen molar-refractivity contribution in [1.29, 1.82) is 0 Å². The predicted octanol–water partition coefficient (Wildman–Crippen LogP) is 3.16. The molecule has 1 aromatic carbocycles. The van der Waals surface area contributed by atoms with Gasteiger partial charge in [0.15, 0.2) is 0 Å². The highest BCUT2D eigenvalue weighted by Crippen LogP contribution is 2.34. The Kier molecular flexibility index (Phi) is 3.76. The summed E-state index contributed by atoms with van der Waals surface area (Å²) in [5.41, 5.74) is 1.32. The number of carbonyl (C=O) groups excluding carboxylic acids is 1. The van der Waals surface area contributed by atoms with E-state index in [9.17, 15) is 4.79 Å². The summed E-state index contributed by atoms with van der Waals surface area (Å²) in [6.45, 7) is 2.80. The topological polar surface area (TPSA) is 20.3 Å². The minimum Gasteiger partial charge on any atom is -0.303 e. The van der Waals surface area contributed by atoms with Crippen LogP contribution in [0.15, 0.2) is 47.8 Å². The highest BCUT2D eigenvalue weighted by molar-refractivity contribution is 7.10. The number of benzene rings is 1. The van der Waals surface area contributed by atoms with Gasteiger partial charge in [-0.15, -0.1) is 11.3 Å². The summed E-state index contributed by atoms with van der Waals surface area (Å²) in [4.78, 5) is 15.0. The highest BCUT2D eigenvalue weighted by atomic mass is 32.1. The van der Waals surface area contributed by atoms with Gasteiger partial charge in [-0.3, -0.25) is 4.90 Å². The predicted molar refractivity (Wildman–Crippen MR) is 78.3 cm³/mol. The number of hydrogen-bond donors (Lipinski definition) is 0. The minimum atomic E-state index is 0.141. The SMILES string of the molecule is O=CC1CN(Cc2ccccc2)CC1c1cccs1. The molecule has 0 saturated carbocycles. The number of nitrogens with zero attached hydrogens (tertiary/aromatic N) is 1. The van der Waals surface area contributed by atoms with Gasteiger partial charge in [-0.2, -0.15) is 0 Å². The van der Waals surface area contributed by atoms with E-state index in [1.807, 2.05) is 6.07 Å². The van der Waals surface area contributed by atoms with Crippen LogP contribution in [0.2, 0.25) is 0 Å². The molecule has 2 aromatic rings. The van der Waals surface area contributed by atoms with Crippen LogP contribution in [0.5, 0.6) is 0 Å². The molecule has 2 unspecified atom stereocenters. The molecule has 0 amide bonds. The number of aldehydes is 1. The first-order valence-corrected chi connectivity index (χ1v) is 7.50. The number of thiophene rings is 1. The Balaban J connectivity index is 1.71. The molecule has 0 radical (unpaired) electrons. The van der Waals surface area contributed by atoms with E-state index in [2.05, 4.69) is 46.7 Å². The van der Waals surface area contributed by atoms with Crippen molar-refractivity contribution >= 4 is 17.6 Å².